The molecular formula is C35H63N7O9. The zero-order valence-corrected chi connectivity index (χ0v) is 32.3. The zero-order valence-electron chi connectivity index (χ0n) is 32.3. The lowest BCUT2D eigenvalue weighted by atomic mass is 9.80. The minimum atomic E-state index is -0.645. The van der Waals surface area contributed by atoms with E-state index in [0.717, 1.165) is 19.3 Å². The van der Waals surface area contributed by atoms with E-state index in [0.29, 0.717) is 44.9 Å². The molecule has 4 unspecified atom stereocenters. The first-order valence-electron chi connectivity index (χ1n) is 17.8. The van der Waals surface area contributed by atoms with Gasteiger partial charge in [0.2, 0.25) is 5.95 Å². The number of H-pyrrole nitrogens is 1. The molecule has 1 aromatic heterocycles. The number of aryl methyl sites for hydroxylation is 1. The molecular weight excluding hydrogens is 662 g/mol. The van der Waals surface area contributed by atoms with Gasteiger partial charge < -0.3 is 40.2 Å². The Morgan fingerprint density at radius 2 is 1.29 bits per heavy atom. The third-order valence-corrected chi connectivity index (χ3v) is 7.91. The predicted molar refractivity (Wildman–Crippen MR) is 195 cm³/mol. The van der Waals surface area contributed by atoms with E-state index in [9.17, 15) is 24.0 Å². The number of alkyl carbamates (subject to hydrolysis) is 3. The first-order chi connectivity index (χ1) is 23.8. The molecule has 0 radical (unpaired) electrons. The van der Waals surface area contributed by atoms with E-state index in [-0.39, 0.29) is 53.5 Å². The molecule has 51 heavy (non-hydrogen) atoms. The molecule has 4 atom stereocenters. The second-order valence-corrected chi connectivity index (χ2v) is 14.9. The maximum atomic E-state index is 12.3. The average molecular weight is 726 g/mol. The lowest BCUT2D eigenvalue weighted by Crippen LogP contribution is -2.36. The number of ether oxygens (including phenoxy) is 4. The van der Waals surface area contributed by atoms with Crippen LogP contribution in [0.4, 0.5) is 25.1 Å². The van der Waals surface area contributed by atoms with Crippen LogP contribution in [0.1, 0.15) is 93.7 Å². The van der Waals surface area contributed by atoms with Crippen LogP contribution >= 0.6 is 0 Å². The van der Waals surface area contributed by atoms with Crippen molar-refractivity contribution in [3.8, 4) is 0 Å². The highest BCUT2D eigenvalue weighted by atomic mass is 16.6. The summed E-state index contributed by atoms with van der Waals surface area (Å²) >= 11 is 0. The molecule has 0 aliphatic heterocycles. The van der Waals surface area contributed by atoms with Gasteiger partial charge in [-0.15, -0.1) is 0 Å². The summed E-state index contributed by atoms with van der Waals surface area (Å²) < 4.78 is 21.1. The van der Waals surface area contributed by atoms with Crippen molar-refractivity contribution in [2.45, 2.75) is 107 Å². The number of anilines is 1. The van der Waals surface area contributed by atoms with E-state index in [4.69, 9.17) is 18.9 Å². The number of hydrogen-bond donors (Lipinski definition) is 6. The van der Waals surface area contributed by atoms with Crippen LogP contribution in [0.25, 0.3) is 0 Å². The molecule has 0 fully saturated rings. The van der Waals surface area contributed by atoms with Gasteiger partial charge in [0, 0.05) is 44.5 Å². The first-order valence-corrected chi connectivity index (χ1v) is 17.8. The molecule has 0 saturated heterocycles. The summed E-state index contributed by atoms with van der Waals surface area (Å²) in [6, 6.07) is 0.872. The van der Waals surface area contributed by atoms with E-state index >= 15 is 0 Å². The van der Waals surface area contributed by atoms with Crippen LogP contribution in [0.5, 0.6) is 0 Å². The lowest BCUT2D eigenvalue weighted by Gasteiger charge is -2.28. The second kappa shape index (κ2) is 22.7. The molecule has 0 aliphatic carbocycles. The smallest absolute Gasteiger partial charge is 0.407 e. The fourth-order valence-corrected chi connectivity index (χ4v) is 5.63. The summed E-state index contributed by atoms with van der Waals surface area (Å²) in [5, 5.41) is 13.6. The standard InChI is InChI=1S/C35H63N7O9/c1-11-48-26(5)21-49-31(45)36-14-13-35(9,10)18-24(3)20-39-33(47)51-27(6)22-50-32(46)37-15-12-34(7,8)17-23(2)19-38-30(44)42-29-40-25(4)16-28(43)41-29/h16,23-24,26-27H,11-15,17-22H2,1-10H3,(H,36,45)(H,37,46)(H,39,47)(H3,38,40,41,42,43,44). The van der Waals surface area contributed by atoms with E-state index < -0.39 is 30.4 Å². The Balaban J connectivity index is 2.23. The number of carbonyl (C=O) groups is 4. The minimum absolute atomic E-state index is 0.0843. The third-order valence-electron chi connectivity index (χ3n) is 7.91. The largest absolute Gasteiger partial charge is 0.447 e. The Bertz CT molecular complexity index is 1290. The molecule has 0 spiro atoms. The highest BCUT2D eigenvalue weighted by Crippen LogP contribution is 2.29. The molecule has 5 amide bonds. The molecule has 0 saturated carbocycles. The van der Waals surface area contributed by atoms with Gasteiger partial charge in [-0.1, -0.05) is 41.5 Å². The monoisotopic (exact) mass is 725 g/mol. The maximum absolute atomic E-state index is 12.3. The highest BCUT2D eigenvalue weighted by molar-refractivity contribution is 5.87. The Morgan fingerprint density at radius 1 is 0.784 bits per heavy atom. The third kappa shape index (κ3) is 22.4. The number of aromatic amines is 1. The van der Waals surface area contributed by atoms with Gasteiger partial charge >= 0.3 is 24.3 Å². The number of nitrogens with one attached hydrogen (secondary N) is 6. The summed E-state index contributed by atoms with van der Waals surface area (Å²) in [6.07, 6.45) is 0.544. The minimum Gasteiger partial charge on any atom is -0.447 e. The highest BCUT2D eigenvalue weighted by Gasteiger charge is 2.24. The normalized spacial score (nSPS) is 13.9. The van der Waals surface area contributed by atoms with Crippen LogP contribution in [0.2, 0.25) is 0 Å². The van der Waals surface area contributed by atoms with Crippen LogP contribution in [-0.2, 0) is 18.9 Å². The van der Waals surface area contributed by atoms with Crippen molar-refractivity contribution in [2.24, 2.45) is 22.7 Å². The average Bonchev–Trinajstić information content (AvgIpc) is 3.00. The van der Waals surface area contributed by atoms with Gasteiger partial charge in [-0.25, -0.2) is 24.2 Å². The van der Waals surface area contributed by atoms with Crippen molar-refractivity contribution in [2.75, 3.05) is 51.3 Å². The van der Waals surface area contributed by atoms with Crippen LogP contribution < -0.4 is 32.1 Å². The predicted octanol–water partition coefficient (Wildman–Crippen LogP) is 5.08. The fraction of sp³-hybridized carbons (Fsp3) is 0.771. The maximum Gasteiger partial charge on any atom is 0.407 e. The molecule has 16 nitrogen and oxygen atoms in total. The van der Waals surface area contributed by atoms with Crippen molar-refractivity contribution in [1.29, 1.82) is 0 Å². The molecule has 1 rings (SSSR count). The van der Waals surface area contributed by atoms with Crippen molar-refractivity contribution >= 4 is 30.3 Å². The van der Waals surface area contributed by atoms with Crippen LogP contribution in [0.15, 0.2) is 10.9 Å². The van der Waals surface area contributed by atoms with Gasteiger partial charge in [0.25, 0.3) is 5.56 Å². The van der Waals surface area contributed by atoms with E-state index in [2.05, 4.69) is 64.2 Å². The van der Waals surface area contributed by atoms with Crippen molar-refractivity contribution < 1.29 is 38.1 Å². The number of nitrogens with zero attached hydrogens (tertiary/aromatic N) is 1. The van der Waals surface area contributed by atoms with Crippen molar-refractivity contribution in [3.05, 3.63) is 22.1 Å². The van der Waals surface area contributed by atoms with Gasteiger partial charge in [0.1, 0.15) is 19.3 Å². The Morgan fingerprint density at radius 3 is 1.80 bits per heavy atom. The quantitative estimate of drug-likeness (QED) is 0.0873. The summed E-state index contributed by atoms with van der Waals surface area (Å²) in [7, 11) is 0. The number of urea groups is 1. The number of rotatable bonds is 22. The molecule has 1 aromatic rings. The summed E-state index contributed by atoms with van der Waals surface area (Å²) in [6.45, 7) is 21.8. The van der Waals surface area contributed by atoms with Crippen LogP contribution in [-0.4, -0.2) is 92.5 Å². The van der Waals surface area contributed by atoms with Crippen LogP contribution in [0.3, 0.4) is 0 Å². The summed E-state index contributed by atoms with van der Waals surface area (Å²) in [4.78, 5) is 66.8. The Hall–Kier alpha value is -4.08. The SMILES string of the molecule is CCOC(C)COC(=O)NCCC(C)(C)CC(C)CNC(=O)OC(C)COC(=O)NCCC(C)(C)CC(C)CNC(=O)Nc1nc(C)cc(=O)[nH]1. The Labute approximate surface area is 302 Å². The fourth-order valence-electron chi connectivity index (χ4n) is 5.63. The summed E-state index contributed by atoms with van der Waals surface area (Å²) in [5.41, 5.74) is -0.0686. The number of hydrogen-bond acceptors (Lipinski definition) is 10. The van der Waals surface area contributed by atoms with Crippen molar-refractivity contribution in [3.63, 3.8) is 0 Å². The summed E-state index contributed by atoms with van der Waals surface area (Å²) in [5.74, 6) is 0.378. The number of amides is 5. The molecule has 0 bridgehead atoms. The second-order valence-electron chi connectivity index (χ2n) is 14.9. The van der Waals surface area contributed by atoms with E-state index in [1.54, 1.807) is 13.8 Å². The van der Waals surface area contributed by atoms with Gasteiger partial charge in [-0.3, -0.25) is 15.1 Å². The number of carbonyl (C=O) groups excluding carboxylic acids is 4. The van der Waals surface area contributed by atoms with Crippen molar-refractivity contribution in [1.82, 2.24) is 31.2 Å². The molecule has 0 aliphatic rings. The van der Waals surface area contributed by atoms with Gasteiger partial charge in [-0.2, -0.15) is 0 Å². The zero-order chi connectivity index (χ0) is 38.6. The number of aromatic nitrogens is 2. The lowest BCUT2D eigenvalue weighted by molar-refractivity contribution is 0.0219. The van der Waals surface area contributed by atoms with E-state index in [1.165, 1.54) is 6.07 Å². The molecule has 0 aromatic carbocycles. The molecule has 16 heteroatoms. The van der Waals surface area contributed by atoms with Gasteiger partial charge in [0.05, 0.1) is 6.10 Å². The molecule has 292 valence electrons. The van der Waals surface area contributed by atoms with Crippen LogP contribution in [0, 0.1) is 29.6 Å². The molecule has 1 heterocycles. The van der Waals surface area contributed by atoms with E-state index in [1.807, 2.05) is 27.7 Å². The first kappa shape index (κ1) is 44.9. The molecule has 6 N–H and O–H groups in total. The van der Waals surface area contributed by atoms with Gasteiger partial charge in [0.15, 0.2) is 0 Å². The topological polar surface area (TPSA) is 211 Å². The van der Waals surface area contributed by atoms with Gasteiger partial charge in [-0.05, 0) is 76.0 Å². The Kier molecular flexibility index (Phi) is 20.0.